The number of nitrogens with one attached hydrogen (secondary N) is 1. The van der Waals surface area contributed by atoms with E-state index in [9.17, 15) is 0 Å². The van der Waals surface area contributed by atoms with E-state index >= 15 is 0 Å². The quantitative estimate of drug-likeness (QED) is 0.658. The van der Waals surface area contributed by atoms with Crippen molar-refractivity contribution in [2.75, 3.05) is 26.4 Å². The third kappa shape index (κ3) is 6.08. The van der Waals surface area contributed by atoms with E-state index in [4.69, 9.17) is 9.47 Å². The lowest BCUT2D eigenvalue weighted by atomic mass is 10.2. The van der Waals surface area contributed by atoms with Crippen LogP contribution in [-0.4, -0.2) is 26.4 Å². The summed E-state index contributed by atoms with van der Waals surface area (Å²) in [7, 11) is 0. The molecular formula is C16H25NO2. The molecule has 1 aromatic carbocycles. The van der Waals surface area contributed by atoms with Gasteiger partial charge in [0.1, 0.15) is 5.75 Å². The minimum atomic E-state index is 0.717. The second-order valence-corrected chi connectivity index (χ2v) is 5.13. The zero-order valence-electron chi connectivity index (χ0n) is 11.9. The first-order chi connectivity index (χ1) is 9.38. The van der Waals surface area contributed by atoms with Crippen LogP contribution >= 0.6 is 0 Å². The van der Waals surface area contributed by atoms with Gasteiger partial charge in [0.2, 0.25) is 0 Å². The normalized spacial score (nSPS) is 14.6. The number of rotatable bonds is 10. The third-order valence-corrected chi connectivity index (χ3v) is 3.23. The third-order valence-electron chi connectivity index (χ3n) is 3.23. The maximum absolute atomic E-state index is 5.60. The van der Waals surface area contributed by atoms with E-state index in [0.29, 0.717) is 0 Å². The molecule has 106 valence electrons. The van der Waals surface area contributed by atoms with Crippen LogP contribution in [0.2, 0.25) is 0 Å². The first kappa shape index (κ1) is 14.4. The molecule has 0 bridgehead atoms. The molecule has 0 spiro atoms. The molecule has 0 radical (unpaired) electrons. The topological polar surface area (TPSA) is 30.5 Å². The van der Waals surface area contributed by atoms with Crippen LogP contribution in [0, 0.1) is 5.92 Å². The molecule has 1 fully saturated rings. The summed E-state index contributed by atoms with van der Waals surface area (Å²) in [5.74, 6) is 1.82. The van der Waals surface area contributed by atoms with Crippen molar-refractivity contribution in [1.29, 1.82) is 0 Å². The van der Waals surface area contributed by atoms with Gasteiger partial charge in [0, 0.05) is 19.8 Å². The highest BCUT2D eigenvalue weighted by atomic mass is 16.5. The Hall–Kier alpha value is -1.06. The molecule has 0 unspecified atom stereocenters. The van der Waals surface area contributed by atoms with Gasteiger partial charge < -0.3 is 14.8 Å². The summed E-state index contributed by atoms with van der Waals surface area (Å²) in [6.45, 7) is 6.47. The largest absolute Gasteiger partial charge is 0.494 e. The van der Waals surface area contributed by atoms with Crippen LogP contribution in [0.5, 0.6) is 5.75 Å². The van der Waals surface area contributed by atoms with Crippen LogP contribution in [-0.2, 0) is 11.3 Å². The molecule has 3 heteroatoms. The molecule has 0 heterocycles. The van der Waals surface area contributed by atoms with Gasteiger partial charge in [-0.1, -0.05) is 12.1 Å². The van der Waals surface area contributed by atoms with Gasteiger partial charge in [0.25, 0.3) is 0 Å². The summed E-state index contributed by atoms with van der Waals surface area (Å²) in [6.07, 6.45) is 3.82. The molecule has 0 amide bonds. The van der Waals surface area contributed by atoms with Gasteiger partial charge in [0.05, 0.1) is 6.61 Å². The van der Waals surface area contributed by atoms with Gasteiger partial charge in [-0.25, -0.2) is 0 Å². The van der Waals surface area contributed by atoms with Gasteiger partial charge in [-0.3, -0.25) is 0 Å². The summed E-state index contributed by atoms with van der Waals surface area (Å²) in [5.41, 5.74) is 1.27. The molecule has 1 aromatic rings. The summed E-state index contributed by atoms with van der Waals surface area (Å²) in [4.78, 5) is 0. The Morgan fingerprint density at radius 1 is 1.32 bits per heavy atom. The van der Waals surface area contributed by atoms with Crippen molar-refractivity contribution in [2.45, 2.75) is 32.7 Å². The fourth-order valence-corrected chi connectivity index (χ4v) is 1.98. The van der Waals surface area contributed by atoms with Crippen LogP contribution in [0.25, 0.3) is 0 Å². The highest BCUT2D eigenvalue weighted by Gasteiger charge is 2.20. The fourth-order valence-electron chi connectivity index (χ4n) is 1.98. The average molecular weight is 263 g/mol. The predicted octanol–water partition coefficient (Wildman–Crippen LogP) is 2.99. The van der Waals surface area contributed by atoms with Crippen molar-refractivity contribution in [3.8, 4) is 5.75 Å². The molecule has 3 nitrogen and oxygen atoms in total. The second-order valence-electron chi connectivity index (χ2n) is 5.13. The molecule has 0 aromatic heterocycles. The standard InChI is InChI=1S/C16H25NO2/c1-2-19-16-6-3-5-15(11-16)12-17-9-4-10-18-13-14-7-8-14/h3,5-6,11,14,17H,2,4,7-10,12-13H2,1H3. The van der Waals surface area contributed by atoms with E-state index in [-0.39, 0.29) is 0 Å². The lowest BCUT2D eigenvalue weighted by Crippen LogP contribution is -2.16. The highest BCUT2D eigenvalue weighted by molar-refractivity contribution is 5.28. The van der Waals surface area contributed by atoms with Crippen molar-refractivity contribution >= 4 is 0 Å². The molecule has 1 N–H and O–H groups in total. The first-order valence-corrected chi connectivity index (χ1v) is 7.38. The number of hydrogen-bond donors (Lipinski definition) is 1. The monoisotopic (exact) mass is 263 g/mol. The SMILES string of the molecule is CCOc1cccc(CNCCCOCC2CC2)c1. The van der Waals surface area contributed by atoms with E-state index in [1.165, 1.54) is 18.4 Å². The molecule has 2 rings (SSSR count). The Morgan fingerprint density at radius 3 is 3.00 bits per heavy atom. The zero-order valence-corrected chi connectivity index (χ0v) is 11.9. The average Bonchev–Trinajstić information content (AvgIpc) is 3.23. The van der Waals surface area contributed by atoms with Gasteiger partial charge in [-0.2, -0.15) is 0 Å². The second kappa shape index (κ2) is 8.18. The van der Waals surface area contributed by atoms with E-state index in [2.05, 4.69) is 17.4 Å². The van der Waals surface area contributed by atoms with Crippen LogP contribution in [0.3, 0.4) is 0 Å². The molecule has 1 saturated carbocycles. The number of hydrogen-bond acceptors (Lipinski definition) is 3. The van der Waals surface area contributed by atoms with E-state index in [1.807, 2.05) is 19.1 Å². The summed E-state index contributed by atoms with van der Waals surface area (Å²) in [6, 6.07) is 8.26. The van der Waals surface area contributed by atoms with Crippen LogP contribution < -0.4 is 10.1 Å². The zero-order chi connectivity index (χ0) is 13.3. The van der Waals surface area contributed by atoms with Gasteiger partial charge in [-0.15, -0.1) is 0 Å². The smallest absolute Gasteiger partial charge is 0.119 e. The molecule has 0 aliphatic heterocycles. The van der Waals surface area contributed by atoms with E-state index in [1.54, 1.807) is 0 Å². The molecule has 0 atom stereocenters. The van der Waals surface area contributed by atoms with E-state index < -0.39 is 0 Å². The van der Waals surface area contributed by atoms with Crippen LogP contribution in [0.1, 0.15) is 31.7 Å². The molecule has 19 heavy (non-hydrogen) atoms. The van der Waals surface area contributed by atoms with Crippen molar-refractivity contribution in [3.05, 3.63) is 29.8 Å². The van der Waals surface area contributed by atoms with Crippen molar-refractivity contribution in [3.63, 3.8) is 0 Å². The van der Waals surface area contributed by atoms with Crippen LogP contribution in [0.15, 0.2) is 24.3 Å². The highest BCUT2D eigenvalue weighted by Crippen LogP contribution is 2.28. The number of benzene rings is 1. The fraction of sp³-hybridized carbons (Fsp3) is 0.625. The van der Waals surface area contributed by atoms with Gasteiger partial charge in [0.15, 0.2) is 0 Å². The van der Waals surface area contributed by atoms with Crippen molar-refractivity contribution < 1.29 is 9.47 Å². The maximum Gasteiger partial charge on any atom is 0.119 e. The Labute approximate surface area is 116 Å². The molecule has 0 saturated heterocycles. The van der Waals surface area contributed by atoms with Crippen LogP contribution in [0.4, 0.5) is 0 Å². The van der Waals surface area contributed by atoms with Gasteiger partial charge in [-0.05, 0) is 56.3 Å². The summed E-state index contributed by atoms with van der Waals surface area (Å²) >= 11 is 0. The van der Waals surface area contributed by atoms with Gasteiger partial charge >= 0.3 is 0 Å². The van der Waals surface area contributed by atoms with Crippen molar-refractivity contribution in [2.24, 2.45) is 5.92 Å². The minimum absolute atomic E-state index is 0.717. The number of ether oxygens (including phenoxy) is 2. The Kier molecular flexibility index (Phi) is 6.18. The summed E-state index contributed by atoms with van der Waals surface area (Å²) < 4.78 is 11.1. The predicted molar refractivity (Wildman–Crippen MR) is 77.5 cm³/mol. The Balaban J connectivity index is 1.52. The first-order valence-electron chi connectivity index (χ1n) is 7.38. The lowest BCUT2D eigenvalue weighted by molar-refractivity contribution is 0.122. The van der Waals surface area contributed by atoms with E-state index in [0.717, 1.165) is 51.0 Å². The Morgan fingerprint density at radius 2 is 2.21 bits per heavy atom. The molecule has 1 aliphatic rings. The Bertz CT molecular complexity index is 364. The minimum Gasteiger partial charge on any atom is -0.494 e. The molecular weight excluding hydrogens is 238 g/mol. The maximum atomic E-state index is 5.60. The lowest BCUT2D eigenvalue weighted by Gasteiger charge is -2.08. The van der Waals surface area contributed by atoms with Crippen molar-refractivity contribution in [1.82, 2.24) is 5.32 Å². The summed E-state index contributed by atoms with van der Waals surface area (Å²) in [5, 5.41) is 3.44. The molecule has 1 aliphatic carbocycles.